The van der Waals surface area contributed by atoms with Gasteiger partial charge in [0.1, 0.15) is 12.6 Å². The standard InChI is InChI=1S/C50H44N6O2/c1-33-25-38(36-13-17-49-45(29-36)43-7-3-5-9-47(43)55(49)21-23-57)27-41(52-33)31-54(20-19-35-11-15-40(51)16-12-35)32-42-28-39(26-34(2)53-42)37-14-18-50-46(30-37)44-8-4-6-10-48(44)56(50)22-24-58/h3-18,23-30H,19-22,31-32,51H2,1-2H3. The molecule has 0 aliphatic rings. The zero-order chi connectivity index (χ0) is 39.8. The zero-order valence-electron chi connectivity index (χ0n) is 32.7. The highest BCUT2D eigenvalue weighted by Crippen LogP contribution is 2.35. The average Bonchev–Trinajstić information content (AvgIpc) is 3.71. The van der Waals surface area contributed by atoms with Crippen LogP contribution in [0.25, 0.3) is 65.9 Å². The van der Waals surface area contributed by atoms with Gasteiger partial charge >= 0.3 is 0 Å². The van der Waals surface area contributed by atoms with Gasteiger partial charge in [0.25, 0.3) is 0 Å². The average molecular weight is 761 g/mol. The van der Waals surface area contributed by atoms with Crippen molar-refractivity contribution in [2.45, 2.75) is 46.4 Å². The van der Waals surface area contributed by atoms with Crippen molar-refractivity contribution in [3.8, 4) is 22.3 Å². The smallest absolute Gasteiger partial charge is 0.139 e. The molecule has 0 aliphatic heterocycles. The van der Waals surface area contributed by atoms with E-state index in [9.17, 15) is 9.59 Å². The highest BCUT2D eigenvalue weighted by atomic mass is 16.1. The van der Waals surface area contributed by atoms with Crippen LogP contribution in [0.1, 0.15) is 28.3 Å². The number of hydrogen-bond acceptors (Lipinski definition) is 6. The van der Waals surface area contributed by atoms with Gasteiger partial charge in [-0.25, -0.2) is 0 Å². The van der Waals surface area contributed by atoms with Gasteiger partial charge in [0, 0.05) is 80.3 Å². The lowest BCUT2D eigenvalue weighted by Gasteiger charge is -2.23. The Morgan fingerprint density at radius 3 is 1.48 bits per heavy atom. The first-order valence-electron chi connectivity index (χ1n) is 19.8. The monoisotopic (exact) mass is 760 g/mol. The molecule has 0 spiro atoms. The van der Waals surface area contributed by atoms with E-state index in [0.29, 0.717) is 26.2 Å². The van der Waals surface area contributed by atoms with Crippen LogP contribution in [0.3, 0.4) is 0 Å². The molecule has 9 rings (SSSR count). The molecule has 0 fully saturated rings. The molecule has 0 saturated carbocycles. The van der Waals surface area contributed by atoms with Crippen molar-refractivity contribution >= 4 is 61.9 Å². The van der Waals surface area contributed by atoms with E-state index in [1.54, 1.807) is 0 Å². The van der Waals surface area contributed by atoms with Crippen molar-refractivity contribution in [2.24, 2.45) is 0 Å². The van der Waals surface area contributed by atoms with E-state index < -0.39 is 0 Å². The molecule has 4 heterocycles. The number of nitrogen functional groups attached to an aromatic ring is 1. The first-order chi connectivity index (χ1) is 28.3. The van der Waals surface area contributed by atoms with E-state index in [0.717, 1.165) is 120 Å². The number of nitrogens with zero attached hydrogens (tertiary/aromatic N) is 5. The van der Waals surface area contributed by atoms with Crippen LogP contribution in [0.15, 0.2) is 133 Å². The van der Waals surface area contributed by atoms with Crippen molar-refractivity contribution in [3.63, 3.8) is 0 Å². The van der Waals surface area contributed by atoms with Crippen LogP contribution in [0.2, 0.25) is 0 Å². The molecular weight excluding hydrogens is 717 g/mol. The molecule has 9 aromatic rings. The summed E-state index contributed by atoms with van der Waals surface area (Å²) >= 11 is 0. The number of fused-ring (bicyclic) bond motifs is 6. The van der Waals surface area contributed by atoms with Crippen LogP contribution in [-0.4, -0.2) is 43.1 Å². The molecule has 8 heteroatoms. The maximum Gasteiger partial charge on any atom is 0.139 e. The molecule has 0 saturated heterocycles. The van der Waals surface area contributed by atoms with Crippen molar-refractivity contribution in [1.29, 1.82) is 0 Å². The van der Waals surface area contributed by atoms with Gasteiger partial charge in [-0.3, -0.25) is 14.9 Å². The Morgan fingerprint density at radius 1 is 0.534 bits per heavy atom. The summed E-state index contributed by atoms with van der Waals surface area (Å²) in [5.41, 5.74) is 20.5. The topological polar surface area (TPSA) is 99.0 Å². The fourth-order valence-corrected chi connectivity index (χ4v) is 8.62. The number of aromatic nitrogens is 4. The number of pyridine rings is 2. The number of para-hydroxylation sites is 2. The summed E-state index contributed by atoms with van der Waals surface area (Å²) < 4.78 is 4.17. The highest BCUT2D eigenvalue weighted by Gasteiger charge is 2.17. The van der Waals surface area contributed by atoms with E-state index >= 15 is 0 Å². The summed E-state index contributed by atoms with van der Waals surface area (Å²) in [4.78, 5) is 35.8. The molecule has 5 aromatic carbocycles. The maximum atomic E-state index is 11.6. The third-order valence-corrected chi connectivity index (χ3v) is 11.2. The summed E-state index contributed by atoms with van der Waals surface area (Å²) in [5, 5.41) is 4.53. The van der Waals surface area contributed by atoms with Gasteiger partial charge in [-0.1, -0.05) is 60.7 Å². The van der Waals surface area contributed by atoms with Gasteiger partial charge in [-0.15, -0.1) is 0 Å². The van der Waals surface area contributed by atoms with Crippen molar-refractivity contribution in [1.82, 2.24) is 24.0 Å². The minimum atomic E-state index is 0.314. The van der Waals surface area contributed by atoms with Crippen molar-refractivity contribution < 1.29 is 9.59 Å². The van der Waals surface area contributed by atoms with Gasteiger partial charge in [-0.05, 0) is 121 Å². The molecule has 0 bridgehead atoms. The van der Waals surface area contributed by atoms with Crippen LogP contribution in [-0.2, 0) is 42.2 Å². The zero-order valence-corrected chi connectivity index (χ0v) is 32.7. The Balaban J connectivity index is 1.05. The predicted octanol–water partition coefficient (Wildman–Crippen LogP) is 9.87. The Labute approximate surface area is 337 Å². The molecule has 0 aliphatic carbocycles. The van der Waals surface area contributed by atoms with Gasteiger partial charge in [0.15, 0.2) is 0 Å². The lowest BCUT2D eigenvalue weighted by Crippen LogP contribution is -2.26. The number of aryl methyl sites for hydroxylation is 2. The second-order valence-electron chi connectivity index (χ2n) is 15.2. The number of rotatable bonds is 13. The molecule has 286 valence electrons. The summed E-state index contributed by atoms with van der Waals surface area (Å²) in [6.45, 7) is 6.81. The number of anilines is 1. The van der Waals surface area contributed by atoms with Crippen LogP contribution in [0, 0.1) is 13.8 Å². The molecule has 0 unspecified atom stereocenters. The summed E-state index contributed by atoms with van der Waals surface area (Å²) in [5.74, 6) is 0. The molecule has 0 atom stereocenters. The van der Waals surface area contributed by atoms with Gasteiger partial charge < -0.3 is 24.5 Å². The van der Waals surface area contributed by atoms with Gasteiger partial charge in [0.05, 0.1) is 24.5 Å². The quantitative estimate of drug-likeness (QED) is 0.0928. The second-order valence-corrected chi connectivity index (χ2v) is 15.2. The summed E-state index contributed by atoms with van der Waals surface area (Å²) in [7, 11) is 0. The Bertz CT molecular complexity index is 2820. The fourth-order valence-electron chi connectivity index (χ4n) is 8.62. The van der Waals surface area contributed by atoms with E-state index in [-0.39, 0.29) is 0 Å². The number of benzene rings is 5. The van der Waals surface area contributed by atoms with E-state index in [1.807, 2.05) is 24.3 Å². The first kappa shape index (κ1) is 36.7. The Kier molecular flexibility index (Phi) is 9.85. The lowest BCUT2D eigenvalue weighted by atomic mass is 10.0. The summed E-state index contributed by atoms with van der Waals surface area (Å²) in [6.07, 6.45) is 2.77. The predicted molar refractivity (Wildman–Crippen MR) is 236 cm³/mol. The highest BCUT2D eigenvalue weighted by molar-refractivity contribution is 6.10. The van der Waals surface area contributed by atoms with E-state index in [2.05, 4.69) is 137 Å². The molecule has 4 aromatic heterocycles. The minimum absolute atomic E-state index is 0.314. The van der Waals surface area contributed by atoms with Crippen LogP contribution >= 0.6 is 0 Å². The molecule has 8 nitrogen and oxygen atoms in total. The molecular formula is C50H44N6O2. The molecule has 0 amide bonds. The van der Waals surface area contributed by atoms with E-state index in [4.69, 9.17) is 15.7 Å². The summed E-state index contributed by atoms with van der Waals surface area (Å²) in [6, 6.07) is 46.4. The van der Waals surface area contributed by atoms with E-state index in [1.165, 1.54) is 5.56 Å². The minimum Gasteiger partial charge on any atom is -0.399 e. The van der Waals surface area contributed by atoms with Crippen LogP contribution in [0.5, 0.6) is 0 Å². The second kappa shape index (κ2) is 15.6. The molecule has 0 radical (unpaired) electrons. The Morgan fingerprint density at radius 2 is 1.00 bits per heavy atom. The van der Waals surface area contributed by atoms with Crippen molar-refractivity contribution in [2.75, 3.05) is 12.3 Å². The fraction of sp³-hybridized carbons (Fsp3) is 0.160. The third kappa shape index (κ3) is 7.14. The van der Waals surface area contributed by atoms with Crippen LogP contribution < -0.4 is 5.73 Å². The number of carbonyl (C=O) groups excluding carboxylic acids is 2. The number of hydrogen-bond donors (Lipinski definition) is 1. The largest absolute Gasteiger partial charge is 0.399 e. The SMILES string of the molecule is Cc1cc(-c2ccc3c(c2)c2ccccc2n3CC=O)cc(CN(CCc2ccc(N)cc2)Cc2cc(-c3ccc4c(c3)c3ccccc3n4CC=O)cc(C)n2)n1. The maximum absolute atomic E-state index is 11.6. The van der Waals surface area contributed by atoms with Gasteiger partial charge in [-0.2, -0.15) is 0 Å². The van der Waals surface area contributed by atoms with Gasteiger partial charge in [0.2, 0.25) is 0 Å². The number of nitrogens with two attached hydrogens (primary N) is 1. The van der Waals surface area contributed by atoms with Crippen molar-refractivity contribution in [3.05, 3.63) is 162 Å². The van der Waals surface area contributed by atoms with Crippen LogP contribution in [0.4, 0.5) is 5.69 Å². The lowest BCUT2D eigenvalue weighted by molar-refractivity contribution is -0.109. The first-order valence-corrected chi connectivity index (χ1v) is 19.8. The number of carbonyl (C=O) groups is 2. The molecule has 58 heavy (non-hydrogen) atoms. The third-order valence-electron chi connectivity index (χ3n) is 11.2. The number of aldehydes is 2. The Hall–Kier alpha value is -6.90. The normalized spacial score (nSPS) is 11.7. The molecule has 2 N–H and O–H groups in total.